The highest BCUT2D eigenvalue weighted by atomic mass is 16.2. The number of aromatic nitrogens is 5. The summed E-state index contributed by atoms with van der Waals surface area (Å²) >= 11 is 0. The molecule has 2 aromatic heterocycles. The highest BCUT2D eigenvalue weighted by Gasteiger charge is 2.25. The molecule has 1 amide bonds. The van der Waals surface area contributed by atoms with Crippen molar-refractivity contribution in [2.75, 3.05) is 25.0 Å². The van der Waals surface area contributed by atoms with Crippen molar-refractivity contribution in [3.05, 3.63) is 90.6 Å². The van der Waals surface area contributed by atoms with Gasteiger partial charge in [-0.1, -0.05) is 24.3 Å². The molecule has 0 aliphatic carbocycles. The van der Waals surface area contributed by atoms with E-state index in [-0.39, 0.29) is 5.91 Å². The number of benzene rings is 2. The lowest BCUT2D eigenvalue weighted by molar-refractivity contribution is 0.0672. The molecule has 1 fully saturated rings. The molecular weight excluding hydrogens is 426 g/mol. The van der Waals surface area contributed by atoms with Crippen molar-refractivity contribution in [1.29, 1.82) is 0 Å². The van der Waals surface area contributed by atoms with Crippen molar-refractivity contribution in [2.45, 2.75) is 19.3 Å². The number of para-hydroxylation sites is 1. The zero-order valence-electron chi connectivity index (χ0n) is 19.2. The van der Waals surface area contributed by atoms with Gasteiger partial charge in [-0.05, 0) is 67.6 Å². The van der Waals surface area contributed by atoms with E-state index in [4.69, 9.17) is 0 Å². The summed E-state index contributed by atoms with van der Waals surface area (Å²) in [4.78, 5) is 17.2. The van der Waals surface area contributed by atoms with Gasteiger partial charge in [0.2, 0.25) is 0 Å². The van der Waals surface area contributed by atoms with E-state index in [0.29, 0.717) is 11.5 Å². The quantitative estimate of drug-likeness (QED) is 0.440. The van der Waals surface area contributed by atoms with Crippen LogP contribution in [0.4, 0.5) is 11.5 Å². The molecule has 0 saturated carbocycles. The number of carbonyl (C=O) groups excluding carboxylic acids is 1. The Balaban J connectivity index is 1.23. The van der Waals surface area contributed by atoms with E-state index < -0.39 is 0 Å². The minimum absolute atomic E-state index is 0.0607. The fourth-order valence-electron chi connectivity index (χ4n) is 4.45. The van der Waals surface area contributed by atoms with E-state index in [1.54, 1.807) is 17.2 Å². The number of nitrogens with zero attached hydrogens (tertiary/aromatic N) is 7. The first kappa shape index (κ1) is 21.8. The number of hydrogen-bond donors (Lipinski definition) is 0. The van der Waals surface area contributed by atoms with E-state index in [1.165, 1.54) is 0 Å². The fourth-order valence-corrected chi connectivity index (χ4v) is 4.45. The maximum atomic E-state index is 13.2. The Hall–Kier alpha value is -4.07. The Kier molecular flexibility index (Phi) is 6.29. The monoisotopic (exact) mass is 453 g/mol. The molecule has 1 aliphatic heterocycles. The second kappa shape index (κ2) is 9.82. The molecule has 0 N–H and O–H groups in total. The summed E-state index contributed by atoms with van der Waals surface area (Å²) in [6.45, 7) is 1.50. The molecule has 1 aliphatic rings. The van der Waals surface area contributed by atoms with E-state index >= 15 is 0 Å². The van der Waals surface area contributed by atoms with E-state index in [0.717, 1.165) is 55.2 Å². The lowest BCUT2D eigenvalue weighted by Crippen LogP contribution is -2.40. The third kappa shape index (κ3) is 4.80. The van der Waals surface area contributed by atoms with Crippen LogP contribution in [0.25, 0.3) is 5.69 Å². The molecule has 172 valence electrons. The summed E-state index contributed by atoms with van der Waals surface area (Å²) in [6.07, 6.45) is 6.14. The van der Waals surface area contributed by atoms with Crippen molar-refractivity contribution in [3.8, 4) is 5.69 Å². The van der Waals surface area contributed by atoms with Crippen LogP contribution < -0.4 is 4.90 Å². The number of amides is 1. The van der Waals surface area contributed by atoms with Gasteiger partial charge in [0.15, 0.2) is 5.82 Å². The molecule has 0 spiro atoms. The molecule has 0 radical (unpaired) electrons. The first-order valence-electron chi connectivity index (χ1n) is 11.5. The van der Waals surface area contributed by atoms with Crippen LogP contribution in [0.15, 0.2) is 79.4 Å². The van der Waals surface area contributed by atoms with Gasteiger partial charge in [-0.3, -0.25) is 9.36 Å². The summed E-state index contributed by atoms with van der Waals surface area (Å²) in [5.74, 6) is 1.24. The number of hydrogen-bond acceptors (Lipinski definition) is 6. The van der Waals surface area contributed by atoms with Crippen LogP contribution in [0, 0.1) is 5.92 Å². The highest BCUT2D eigenvalue weighted by molar-refractivity contribution is 5.94. The van der Waals surface area contributed by atoms with Crippen LogP contribution in [0.3, 0.4) is 0 Å². The number of likely N-dealkylation sites (tertiary alicyclic amines) is 1. The molecule has 8 nitrogen and oxygen atoms in total. The third-order valence-corrected chi connectivity index (χ3v) is 6.31. The summed E-state index contributed by atoms with van der Waals surface area (Å²) in [7, 11) is 1.99. The van der Waals surface area contributed by atoms with E-state index in [1.807, 2.05) is 83.6 Å². The maximum Gasteiger partial charge on any atom is 0.253 e. The Morgan fingerprint density at radius 2 is 1.82 bits per heavy atom. The molecule has 1 saturated heterocycles. The number of piperidine rings is 1. The van der Waals surface area contributed by atoms with Gasteiger partial charge in [0.1, 0.15) is 12.7 Å². The average molecular weight is 454 g/mol. The van der Waals surface area contributed by atoms with Crippen LogP contribution in [-0.4, -0.2) is 55.9 Å². The molecule has 2 aromatic carbocycles. The molecule has 3 heterocycles. The SMILES string of the molecule is CN(c1ccccc1)c1ccc(CC2CCCN(C(=O)c3cccc(-n4cnnc4)c3)C2)nn1. The molecule has 1 atom stereocenters. The first-order chi connectivity index (χ1) is 16.7. The number of carbonyl (C=O) groups is 1. The molecule has 34 heavy (non-hydrogen) atoms. The minimum atomic E-state index is 0.0607. The molecule has 5 rings (SSSR count). The zero-order valence-corrected chi connectivity index (χ0v) is 19.2. The Bertz CT molecular complexity index is 1230. The summed E-state index contributed by atoms with van der Waals surface area (Å²) in [5.41, 5.74) is 3.58. The van der Waals surface area contributed by atoms with Crippen LogP contribution in [0.5, 0.6) is 0 Å². The van der Waals surface area contributed by atoms with Gasteiger partial charge in [-0.25, -0.2) is 0 Å². The standard InChI is InChI=1S/C26H27N7O/c1-31(23-9-3-2-4-10-23)25-13-12-22(29-30-25)15-20-7-6-14-32(17-20)26(34)21-8-5-11-24(16-21)33-18-27-28-19-33/h2-5,8-13,16,18-20H,6-7,14-15,17H2,1H3. The Labute approximate surface area is 198 Å². The smallest absolute Gasteiger partial charge is 0.253 e. The van der Waals surface area contributed by atoms with Gasteiger partial charge in [0.05, 0.1) is 5.69 Å². The van der Waals surface area contributed by atoms with Gasteiger partial charge < -0.3 is 9.80 Å². The summed E-state index contributed by atoms with van der Waals surface area (Å²) in [6, 6.07) is 21.8. The van der Waals surface area contributed by atoms with Crippen molar-refractivity contribution in [1.82, 2.24) is 29.9 Å². The largest absolute Gasteiger partial charge is 0.338 e. The van der Waals surface area contributed by atoms with E-state index in [9.17, 15) is 4.79 Å². The third-order valence-electron chi connectivity index (χ3n) is 6.31. The topological polar surface area (TPSA) is 80.0 Å². The Morgan fingerprint density at radius 1 is 1.00 bits per heavy atom. The minimum Gasteiger partial charge on any atom is -0.338 e. The average Bonchev–Trinajstić information content (AvgIpc) is 3.44. The molecule has 0 bridgehead atoms. The normalized spacial score (nSPS) is 15.8. The van der Waals surface area contributed by atoms with Gasteiger partial charge >= 0.3 is 0 Å². The molecule has 1 unspecified atom stereocenters. The lowest BCUT2D eigenvalue weighted by atomic mass is 9.93. The molecule has 4 aromatic rings. The number of anilines is 2. The van der Waals surface area contributed by atoms with Crippen LogP contribution in [-0.2, 0) is 6.42 Å². The number of rotatable bonds is 6. The zero-order chi connectivity index (χ0) is 23.3. The lowest BCUT2D eigenvalue weighted by Gasteiger charge is -2.33. The van der Waals surface area contributed by atoms with Crippen LogP contribution in [0.2, 0.25) is 0 Å². The van der Waals surface area contributed by atoms with Crippen molar-refractivity contribution < 1.29 is 4.79 Å². The van der Waals surface area contributed by atoms with Gasteiger partial charge in [-0.15, -0.1) is 15.3 Å². The second-order valence-corrected chi connectivity index (χ2v) is 8.66. The summed E-state index contributed by atoms with van der Waals surface area (Å²) in [5, 5.41) is 16.6. The van der Waals surface area contributed by atoms with Gasteiger partial charge in [0.25, 0.3) is 5.91 Å². The van der Waals surface area contributed by atoms with Gasteiger partial charge in [0, 0.05) is 37.1 Å². The van der Waals surface area contributed by atoms with Crippen LogP contribution >= 0.6 is 0 Å². The molecule has 8 heteroatoms. The van der Waals surface area contributed by atoms with E-state index in [2.05, 4.69) is 20.4 Å². The van der Waals surface area contributed by atoms with Crippen molar-refractivity contribution in [2.24, 2.45) is 5.92 Å². The Morgan fingerprint density at radius 3 is 2.59 bits per heavy atom. The first-order valence-corrected chi connectivity index (χ1v) is 11.5. The van der Waals surface area contributed by atoms with Gasteiger partial charge in [-0.2, -0.15) is 5.10 Å². The molecular formula is C26H27N7O. The maximum absolute atomic E-state index is 13.2. The fraction of sp³-hybridized carbons (Fsp3) is 0.269. The highest BCUT2D eigenvalue weighted by Crippen LogP contribution is 2.24. The predicted octanol–water partition coefficient (Wildman–Crippen LogP) is 3.92. The second-order valence-electron chi connectivity index (χ2n) is 8.66. The summed E-state index contributed by atoms with van der Waals surface area (Å²) < 4.78 is 1.80. The van der Waals surface area contributed by atoms with Crippen LogP contribution in [0.1, 0.15) is 28.9 Å². The van der Waals surface area contributed by atoms with Crippen molar-refractivity contribution >= 4 is 17.4 Å². The van der Waals surface area contributed by atoms with Crippen molar-refractivity contribution in [3.63, 3.8) is 0 Å². The predicted molar refractivity (Wildman–Crippen MR) is 130 cm³/mol.